The monoisotopic (exact) mass is 295 g/mol. The summed E-state index contributed by atoms with van der Waals surface area (Å²) in [5.74, 6) is 2.58. The third-order valence-corrected chi connectivity index (χ3v) is 4.96. The Morgan fingerprint density at radius 1 is 1.35 bits per heavy atom. The Labute approximate surface area is 111 Å². The minimum Gasteiger partial charge on any atom is -0.388 e. The molecule has 3 heteroatoms. The van der Waals surface area contributed by atoms with Crippen molar-refractivity contribution in [2.45, 2.75) is 38.2 Å². The Hall–Kier alpha value is -0.410. The summed E-state index contributed by atoms with van der Waals surface area (Å²) in [5.41, 5.74) is 0.946. The third kappa shape index (κ3) is 2.41. The molecule has 1 heterocycles. The number of aliphatic hydroxyl groups excluding tert-OH is 1. The van der Waals surface area contributed by atoms with Gasteiger partial charge in [0.15, 0.2) is 0 Å². The molecule has 4 atom stereocenters. The Morgan fingerprint density at radius 2 is 2.24 bits per heavy atom. The van der Waals surface area contributed by atoms with Gasteiger partial charge in [0.1, 0.15) is 0 Å². The lowest BCUT2D eigenvalue weighted by molar-refractivity contribution is 0.125. The van der Waals surface area contributed by atoms with E-state index < -0.39 is 0 Å². The van der Waals surface area contributed by atoms with Gasteiger partial charge in [-0.1, -0.05) is 6.42 Å². The van der Waals surface area contributed by atoms with Gasteiger partial charge in [-0.15, -0.1) is 0 Å². The largest absolute Gasteiger partial charge is 0.388 e. The lowest BCUT2D eigenvalue weighted by Crippen LogP contribution is -2.14. The molecule has 1 aromatic heterocycles. The normalized spacial score (nSPS) is 32.9. The Morgan fingerprint density at radius 3 is 2.88 bits per heavy atom. The highest BCUT2D eigenvalue weighted by molar-refractivity contribution is 9.10. The summed E-state index contributed by atoms with van der Waals surface area (Å²) in [6, 6.07) is 1.98. The smallest absolute Gasteiger partial charge is 0.0808 e. The van der Waals surface area contributed by atoms with Crippen molar-refractivity contribution in [3.05, 3.63) is 28.5 Å². The molecule has 2 nitrogen and oxygen atoms in total. The summed E-state index contributed by atoms with van der Waals surface area (Å²) < 4.78 is 0.946. The van der Waals surface area contributed by atoms with Crippen LogP contribution in [0.1, 0.15) is 43.8 Å². The zero-order valence-electron chi connectivity index (χ0n) is 9.85. The summed E-state index contributed by atoms with van der Waals surface area (Å²) in [6.07, 6.45) is 9.67. The number of fused-ring (bicyclic) bond motifs is 2. The maximum absolute atomic E-state index is 10.3. The number of aliphatic hydroxyl groups is 1. The zero-order chi connectivity index (χ0) is 11.8. The molecule has 0 spiro atoms. The second-order valence-electron chi connectivity index (χ2n) is 5.62. The molecule has 4 unspecified atom stereocenters. The lowest BCUT2D eigenvalue weighted by Gasteiger charge is -2.24. The van der Waals surface area contributed by atoms with Gasteiger partial charge in [0.25, 0.3) is 0 Å². The van der Waals surface area contributed by atoms with Gasteiger partial charge in [0.05, 0.1) is 6.10 Å². The fourth-order valence-electron chi connectivity index (χ4n) is 3.70. The third-order valence-electron chi connectivity index (χ3n) is 4.52. The molecule has 1 aromatic rings. The van der Waals surface area contributed by atoms with Gasteiger partial charge in [-0.3, -0.25) is 4.98 Å². The van der Waals surface area contributed by atoms with Gasteiger partial charge in [-0.2, -0.15) is 0 Å². The van der Waals surface area contributed by atoms with E-state index in [9.17, 15) is 5.11 Å². The SMILES string of the molecule is OC(CC1CC2CCC1C2)c1cncc(Br)c1. The van der Waals surface area contributed by atoms with E-state index in [1.54, 1.807) is 12.4 Å². The molecule has 2 aliphatic rings. The lowest BCUT2D eigenvalue weighted by atomic mass is 9.84. The number of halogens is 1. The van der Waals surface area contributed by atoms with Crippen LogP contribution in [0, 0.1) is 17.8 Å². The number of pyridine rings is 1. The standard InChI is InChI=1S/C14H18BrNO/c15-13-5-12(7-16-8-13)14(17)6-11-4-9-1-2-10(11)3-9/h5,7-11,14,17H,1-4,6H2. The molecular weight excluding hydrogens is 278 g/mol. The van der Waals surface area contributed by atoms with Crippen molar-refractivity contribution >= 4 is 15.9 Å². The van der Waals surface area contributed by atoms with E-state index in [4.69, 9.17) is 0 Å². The summed E-state index contributed by atoms with van der Waals surface area (Å²) in [7, 11) is 0. The van der Waals surface area contributed by atoms with Crippen molar-refractivity contribution in [1.29, 1.82) is 0 Å². The first-order valence-electron chi connectivity index (χ1n) is 6.51. The van der Waals surface area contributed by atoms with Crippen molar-refractivity contribution in [3.63, 3.8) is 0 Å². The number of hydrogen-bond donors (Lipinski definition) is 1. The molecule has 17 heavy (non-hydrogen) atoms. The van der Waals surface area contributed by atoms with Crippen LogP contribution in [0.3, 0.4) is 0 Å². The average molecular weight is 296 g/mol. The van der Waals surface area contributed by atoms with E-state index in [1.807, 2.05) is 6.07 Å². The molecule has 2 saturated carbocycles. The minimum atomic E-state index is -0.343. The van der Waals surface area contributed by atoms with E-state index in [0.29, 0.717) is 0 Å². The maximum Gasteiger partial charge on any atom is 0.0808 e. The topological polar surface area (TPSA) is 33.1 Å². The van der Waals surface area contributed by atoms with Crippen LogP contribution in [0.5, 0.6) is 0 Å². The van der Waals surface area contributed by atoms with E-state index >= 15 is 0 Å². The highest BCUT2D eigenvalue weighted by Crippen LogP contribution is 2.50. The quantitative estimate of drug-likeness (QED) is 0.922. The molecule has 0 aliphatic heterocycles. The van der Waals surface area contributed by atoms with Crippen molar-refractivity contribution in [1.82, 2.24) is 4.98 Å². The van der Waals surface area contributed by atoms with E-state index in [0.717, 1.165) is 34.2 Å². The molecule has 2 bridgehead atoms. The van der Waals surface area contributed by atoms with Crippen LogP contribution in [0.15, 0.2) is 22.9 Å². The molecule has 0 amide bonds. The Balaban J connectivity index is 1.65. The first-order valence-corrected chi connectivity index (χ1v) is 7.30. The first-order chi connectivity index (χ1) is 8.22. The van der Waals surface area contributed by atoms with E-state index in [1.165, 1.54) is 25.7 Å². The number of nitrogens with zero attached hydrogens (tertiary/aromatic N) is 1. The fourth-order valence-corrected chi connectivity index (χ4v) is 4.08. The highest BCUT2D eigenvalue weighted by atomic mass is 79.9. The van der Waals surface area contributed by atoms with E-state index in [-0.39, 0.29) is 6.10 Å². The minimum absolute atomic E-state index is 0.343. The molecule has 92 valence electrons. The zero-order valence-corrected chi connectivity index (χ0v) is 11.4. The molecule has 0 aromatic carbocycles. The number of rotatable bonds is 3. The van der Waals surface area contributed by atoms with Crippen LogP contribution >= 0.6 is 15.9 Å². The van der Waals surface area contributed by atoms with Gasteiger partial charge in [-0.05, 0) is 71.0 Å². The molecule has 3 rings (SSSR count). The summed E-state index contributed by atoms with van der Waals surface area (Å²) in [5, 5.41) is 10.3. The molecule has 0 radical (unpaired) electrons. The average Bonchev–Trinajstić information content (AvgIpc) is 2.91. The fraction of sp³-hybridized carbons (Fsp3) is 0.643. The maximum atomic E-state index is 10.3. The van der Waals surface area contributed by atoms with Crippen molar-refractivity contribution < 1.29 is 5.11 Å². The van der Waals surface area contributed by atoms with Crippen molar-refractivity contribution in [2.24, 2.45) is 17.8 Å². The molecule has 2 aliphatic carbocycles. The van der Waals surface area contributed by atoms with E-state index in [2.05, 4.69) is 20.9 Å². The molecular formula is C14H18BrNO. The van der Waals surface area contributed by atoms with Gasteiger partial charge in [0.2, 0.25) is 0 Å². The Bertz CT molecular complexity index is 409. The second kappa shape index (κ2) is 4.69. The summed E-state index contributed by atoms with van der Waals surface area (Å²) >= 11 is 3.40. The number of hydrogen-bond acceptors (Lipinski definition) is 2. The predicted octanol–water partition coefficient (Wildman–Crippen LogP) is 3.70. The highest BCUT2D eigenvalue weighted by Gasteiger charge is 2.40. The van der Waals surface area contributed by atoms with Crippen LogP contribution in [0.2, 0.25) is 0 Å². The van der Waals surface area contributed by atoms with Gasteiger partial charge in [-0.25, -0.2) is 0 Å². The van der Waals surface area contributed by atoms with Crippen LogP contribution in [-0.4, -0.2) is 10.1 Å². The predicted molar refractivity (Wildman–Crippen MR) is 70.5 cm³/mol. The Kier molecular flexibility index (Phi) is 3.22. The number of aromatic nitrogens is 1. The van der Waals surface area contributed by atoms with Gasteiger partial charge in [0, 0.05) is 16.9 Å². The van der Waals surface area contributed by atoms with Gasteiger partial charge >= 0.3 is 0 Å². The second-order valence-corrected chi connectivity index (χ2v) is 6.54. The van der Waals surface area contributed by atoms with Crippen molar-refractivity contribution in [3.8, 4) is 0 Å². The van der Waals surface area contributed by atoms with Crippen LogP contribution in [0.25, 0.3) is 0 Å². The first kappa shape index (κ1) is 11.7. The molecule has 0 saturated heterocycles. The summed E-state index contributed by atoms with van der Waals surface area (Å²) in [6.45, 7) is 0. The molecule has 1 N–H and O–H groups in total. The summed E-state index contributed by atoms with van der Waals surface area (Å²) in [4.78, 5) is 4.12. The van der Waals surface area contributed by atoms with Crippen LogP contribution in [-0.2, 0) is 0 Å². The van der Waals surface area contributed by atoms with Crippen molar-refractivity contribution in [2.75, 3.05) is 0 Å². The van der Waals surface area contributed by atoms with Crippen LogP contribution in [0.4, 0.5) is 0 Å². The van der Waals surface area contributed by atoms with Gasteiger partial charge < -0.3 is 5.11 Å². The van der Waals surface area contributed by atoms with Crippen LogP contribution < -0.4 is 0 Å². The molecule has 2 fully saturated rings.